The lowest BCUT2D eigenvalue weighted by Gasteiger charge is -2.29. The fourth-order valence-electron chi connectivity index (χ4n) is 3.52. The zero-order valence-corrected chi connectivity index (χ0v) is 7.64. The summed E-state index contributed by atoms with van der Waals surface area (Å²) in [6, 6.07) is 0. The molecule has 2 aliphatic carbocycles. The molecule has 0 nitrogen and oxygen atoms in total. The van der Waals surface area contributed by atoms with Crippen LogP contribution in [0.1, 0.15) is 39.5 Å². The standard InChI is InChI=1S/C10H17B/c1-3-10-5-4-8(7(10)2)9(11)6-10/h7-9H,3-6H2,1-2H3/t7-,8-,9-,10?/m1/s1. The van der Waals surface area contributed by atoms with E-state index in [9.17, 15) is 0 Å². The van der Waals surface area contributed by atoms with Crippen molar-refractivity contribution in [3.63, 3.8) is 0 Å². The Balaban J connectivity index is 2.24. The van der Waals surface area contributed by atoms with Crippen molar-refractivity contribution >= 4 is 7.85 Å². The summed E-state index contributed by atoms with van der Waals surface area (Å²) in [5, 5.41) is 0. The molecule has 2 radical (unpaired) electrons. The summed E-state index contributed by atoms with van der Waals surface area (Å²) >= 11 is 0. The molecule has 0 amide bonds. The summed E-state index contributed by atoms with van der Waals surface area (Å²) in [6.07, 6.45) is 5.49. The minimum absolute atomic E-state index is 0.527. The van der Waals surface area contributed by atoms with Crippen molar-refractivity contribution in [2.75, 3.05) is 0 Å². The second kappa shape index (κ2) is 2.28. The number of fused-ring (bicyclic) bond motifs is 2. The van der Waals surface area contributed by atoms with Gasteiger partial charge in [0, 0.05) is 0 Å². The Bertz CT molecular complexity index is 166. The van der Waals surface area contributed by atoms with Gasteiger partial charge in [0.2, 0.25) is 0 Å². The van der Waals surface area contributed by atoms with E-state index >= 15 is 0 Å². The van der Waals surface area contributed by atoms with Crippen molar-refractivity contribution in [2.45, 2.75) is 45.3 Å². The highest BCUT2D eigenvalue weighted by Crippen LogP contribution is 2.63. The second-order valence-corrected chi connectivity index (χ2v) is 4.58. The third-order valence-electron chi connectivity index (χ3n) is 4.48. The Morgan fingerprint density at radius 3 is 2.55 bits per heavy atom. The third kappa shape index (κ3) is 0.831. The monoisotopic (exact) mass is 148 g/mol. The Morgan fingerprint density at radius 1 is 1.55 bits per heavy atom. The molecule has 0 aromatic carbocycles. The van der Waals surface area contributed by atoms with Crippen molar-refractivity contribution < 1.29 is 0 Å². The Hall–Kier alpha value is 0.0649. The molecule has 2 fully saturated rings. The largest absolute Gasteiger partial charge is 0.0738 e. The maximum Gasteiger partial charge on any atom is 0.0703 e. The summed E-state index contributed by atoms with van der Waals surface area (Å²) in [7, 11) is 6.07. The fourth-order valence-corrected chi connectivity index (χ4v) is 3.52. The second-order valence-electron chi connectivity index (χ2n) is 4.58. The van der Waals surface area contributed by atoms with Crippen LogP contribution in [0.4, 0.5) is 0 Å². The predicted molar refractivity (Wildman–Crippen MR) is 48.7 cm³/mol. The van der Waals surface area contributed by atoms with Gasteiger partial charge in [0.15, 0.2) is 0 Å². The highest BCUT2D eigenvalue weighted by Gasteiger charge is 2.52. The van der Waals surface area contributed by atoms with Gasteiger partial charge in [0.1, 0.15) is 0 Å². The van der Waals surface area contributed by atoms with Gasteiger partial charge in [0.05, 0.1) is 7.85 Å². The molecule has 0 heterocycles. The molecular formula is C10H17B. The van der Waals surface area contributed by atoms with E-state index in [1.165, 1.54) is 25.7 Å². The average molecular weight is 148 g/mol. The summed E-state index contributed by atoms with van der Waals surface area (Å²) in [5.41, 5.74) is 0.657. The van der Waals surface area contributed by atoms with Gasteiger partial charge in [0.25, 0.3) is 0 Å². The topological polar surface area (TPSA) is 0 Å². The first-order valence-electron chi connectivity index (χ1n) is 4.95. The molecule has 0 aromatic rings. The maximum atomic E-state index is 6.07. The molecule has 0 spiro atoms. The van der Waals surface area contributed by atoms with Crippen LogP contribution in [-0.2, 0) is 0 Å². The number of hydrogen-bond acceptors (Lipinski definition) is 0. The molecule has 0 aromatic heterocycles. The van der Waals surface area contributed by atoms with Crippen LogP contribution in [0.3, 0.4) is 0 Å². The van der Waals surface area contributed by atoms with Crippen LogP contribution in [0.5, 0.6) is 0 Å². The molecule has 1 unspecified atom stereocenters. The minimum atomic E-state index is 0.527. The van der Waals surface area contributed by atoms with E-state index in [-0.39, 0.29) is 0 Å². The molecule has 0 N–H and O–H groups in total. The van der Waals surface area contributed by atoms with Crippen LogP contribution in [0, 0.1) is 17.3 Å². The van der Waals surface area contributed by atoms with Crippen LogP contribution in [0.25, 0.3) is 0 Å². The lowest BCUT2D eigenvalue weighted by molar-refractivity contribution is 0.225. The zero-order chi connectivity index (χ0) is 8.06. The van der Waals surface area contributed by atoms with Gasteiger partial charge < -0.3 is 0 Å². The van der Waals surface area contributed by atoms with Gasteiger partial charge in [-0.05, 0) is 23.7 Å². The molecule has 4 atom stereocenters. The number of hydrogen-bond donors (Lipinski definition) is 0. The van der Waals surface area contributed by atoms with E-state index in [2.05, 4.69) is 13.8 Å². The molecule has 2 saturated carbocycles. The van der Waals surface area contributed by atoms with E-state index < -0.39 is 0 Å². The third-order valence-corrected chi connectivity index (χ3v) is 4.48. The van der Waals surface area contributed by atoms with E-state index in [1.807, 2.05) is 0 Å². The van der Waals surface area contributed by atoms with E-state index in [1.54, 1.807) is 0 Å². The van der Waals surface area contributed by atoms with Gasteiger partial charge in [-0.15, -0.1) is 0 Å². The summed E-state index contributed by atoms with van der Waals surface area (Å²) in [6.45, 7) is 4.74. The quantitative estimate of drug-likeness (QED) is 0.501. The normalized spacial score (nSPS) is 55.3. The summed E-state index contributed by atoms with van der Waals surface area (Å²) < 4.78 is 0. The van der Waals surface area contributed by atoms with E-state index in [4.69, 9.17) is 7.85 Å². The van der Waals surface area contributed by atoms with Crippen molar-refractivity contribution in [3.05, 3.63) is 0 Å². The SMILES string of the molecule is [B][C@@H]1CC2(CC)CC[C@@H]1[C@H]2C. The first-order chi connectivity index (χ1) is 5.19. The molecule has 2 rings (SSSR count). The minimum Gasteiger partial charge on any atom is -0.0738 e. The molecule has 11 heavy (non-hydrogen) atoms. The zero-order valence-electron chi connectivity index (χ0n) is 7.64. The molecule has 60 valence electrons. The average Bonchev–Trinajstić information content (AvgIpc) is 2.42. The van der Waals surface area contributed by atoms with Crippen LogP contribution in [0.2, 0.25) is 5.82 Å². The molecule has 1 heteroatoms. The van der Waals surface area contributed by atoms with E-state index in [0.29, 0.717) is 11.2 Å². The van der Waals surface area contributed by atoms with Crippen molar-refractivity contribution in [3.8, 4) is 0 Å². The summed E-state index contributed by atoms with van der Waals surface area (Å²) in [4.78, 5) is 0. The highest BCUT2D eigenvalue weighted by molar-refractivity contribution is 6.12. The van der Waals surface area contributed by atoms with Crippen molar-refractivity contribution in [2.24, 2.45) is 17.3 Å². The Labute approximate surface area is 71.2 Å². The van der Waals surface area contributed by atoms with Crippen LogP contribution < -0.4 is 0 Å². The molecule has 0 saturated heterocycles. The lowest BCUT2D eigenvalue weighted by atomic mass is 9.70. The molecule has 2 aliphatic rings. The molecule has 0 aliphatic heterocycles. The van der Waals surface area contributed by atoms with Gasteiger partial charge in [-0.25, -0.2) is 0 Å². The van der Waals surface area contributed by atoms with Crippen LogP contribution >= 0.6 is 0 Å². The van der Waals surface area contributed by atoms with Crippen molar-refractivity contribution in [1.82, 2.24) is 0 Å². The maximum absolute atomic E-state index is 6.07. The first kappa shape index (κ1) is 7.70. The smallest absolute Gasteiger partial charge is 0.0703 e. The fraction of sp³-hybridized carbons (Fsp3) is 1.00. The first-order valence-corrected chi connectivity index (χ1v) is 4.95. The highest BCUT2D eigenvalue weighted by atomic mass is 14.6. The van der Waals surface area contributed by atoms with E-state index in [0.717, 1.165) is 11.8 Å². The van der Waals surface area contributed by atoms with Crippen molar-refractivity contribution in [1.29, 1.82) is 0 Å². The predicted octanol–water partition coefficient (Wildman–Crippen LogP) is 2.79. The molecular weight excluding hydrogens is 131 g/mol. The van der Waals surface area contributed by atoms with Crippen LogP contribution in [-0.4, -0.2) is 7.85 Å². The summed E-state index contributed by atoms with van der Waals surface area (Å²) in [5.74, 6) is 2.29. The Morgan fingerprint density at radius 2 is 2.27 bits per heavy atom. The van der Waals surface area contributed by atoms with Gasteiger partial charge in [-0.3, -0.25) is 0 Å². The van der Waals surface area contributed by atoms with Crippen LogP contribution in [0.15, 0.2) is 0 Å². The van der Waals surface area contributed by atoms with Gasteiger partial charge in [-0.2, -0.15) is 0 Å². The Kier molecular flexibility index (Phi) is 1.59. The lowest BCUT2D eigenvalue weighted by Crippen LogP contribution is -2.18. The van der Waals surface area contributed by atoms with Gasteiger partial charge in [-0.1, -0.05) is 38.9 Å². The van der Waals surface area contributed by atoms with Gasteiger partial charge >= 0.3 is 0 Å². The molecule has 2 bridgehead atoms. The number of rotatable bonds is 1.